The van der Waals surface area contributed by atoms with Crippen molar-refractivity contribution in [2.24, 2.45) is 11.8 Å². The van der Waals surface area contributed by atoms with Crippen LogP contribution < -0.4 is 9.64 Å². The number of hydrogen-bond donors (Lipinski definition) is 1. The maximum Gasteiger partial charge on any atom is 0.308 e. The van der Waals surface area contributed by atoms with Gasteiger partial charge in [-0.3, -0.25) is 9.59 Å². The molecule has 1 rings (SSSR count). The van der Waals surface area contributed by atoms with Gasteiger partial charge in [0.05, 0.1) is 12.5 Å². The third kappa shape index (κ3) is 5.39. The fourth-order valence-corrected chi connectivity index (χ4v) is 2.05. The first-order valence-corrected chi connectivity index (χ1v) is 7.61. The minimum Gasteiger partial charge on any atom is -0.494 e. The van der Waals surface area contributed by atoms with Crippen LogP contribution in [0.3, 0.4) is 0 Å². The third-order valence-corrected chi connectivity index (χ3v) is 3.22. The fourth-order valence-electron chi connectivity index (χ4n) is 2.05. The molecule has 0 aliphatic heterocycles. The lowest BCUT2D eigenvalue weighted by Crippen LogP contribution is -2.37. The van der Waals surface area contributed by atoms with Crippen molar-refractivity contribution in [2.75, 3.05) is 18.1 Å². The fraction of sp³-hybridized carbons (Fsp3) is 0.529. The van der Waals surface area contributed by atoms with Crippen LogP contribution in [-0.4, -0.2) is 30.1 Å². The quantitative estimate of drug-likeness (QED) is 0.801. The first-order chi connectivity index (χ1) is 10.3. The summed E-state index contributed by atoms with van der Waals surface area (Å²) in [6, 6.07) is 7.16. The molecule has 5 nitrogen and oxygen atoms in total. The summed E-state index contributed by atoms with van der Waals surface area (Å²) in [6.07, 6.45) is 0.388. The monoisotopic (exact) mass is 307 g/mol. The van der Waals surface area contributed by atoms with Gasteiger partial charge in [0.25, 0.3) is 0 Å². The maximum atomic E-state index is 12.4. The highest BCUT2D eigenvalue weighted by molar-refractivity contribution is 5.94. The molecule has 1 atom stereocenters. The molecule has 22 heavy (non-hydrogen) atoms. The van der Waals surface area contributed by atoms with Crippen molar-refractivity contribution in [2.45, 2.75) is 34.1 Å². The van der Waals surface area contributed by atoms with Gasteiger partial charge in [-0.2, -0.15) is 0 Å². The summed E-state index contributed by atoms with van der Waals surface area (Å²) in [6.45, 7) is 8.18. The van der Waals surface area contributed by atoms with Crippen LogP contribution in [0.25, 0.3) is 0 Å². The average Bonchev–Trinajstić information content (AvgIpc) is 2.45. The van der Waals surface area contributed by atoms with Crippen LogP contribution in [0.2, 0.25) is 0 Å². The Labute approximate surface area is 131 Å². The lowest BCUT2D eigenvalue weighted by atomic mass is 10.1. The van der Waals surface area contributed by atoms with Crippen molar-refractivity contribution in [1.29, 1.82) is 0 Å². The van der Waals surface area contributed by atoms with E-state index >= 15 is 0 Å². The third-order valence-electron chi connectivity index (χ3n) is 3.22. The predicted octanol–water partition coefficient (Wildman–Crippen LogP) is 3.19. The number of hydrogen-bond acceptors (Lipinski definition) is 3. The van der Waals surface area contributed by atoms with E-state index in [9.17, 15) is 9.59 Å². The number of benzene rings is 1. The normalized spacial score (nSPS) is 12.0. The van der Waals surface area contributed by atoms with E-state index in [1.165, 1.54) is 0 Å². The van der Waals surface area contributed by atoms with E-state index in [0.717, 1.165) is 5.75 Å². The number of nitrogens with zero attached hydrogens (tertiary/aromatic N) is 1. The second-order valence-corrected chi connectivity index (χ2v) is 5.77. The molecule has 1 aromatic rings. The summed E-state index contributed by atoms with van der Waals surface area (Å²) in [7, 11) is 0. The van der Waals surface area contributed by atoms with Crippen molar-refractivity contribution in [3.63, 3.8) is 0 Å². The van der Waals surface area contributed by atoms with Crippen LogP contribution in [0.5, 0.6) is 5.75 Å². The highest BCUT2D eigenvalue weighted by atomic mass is 16.5. The van der Waals surface area contributed by atoms with E-state index in [4.69, 9.17) is 9.84 Å². The molecule has 122 valence electrons. The van der Waals surface area contributed by atoms with E-state index in [1.807, 2.05) is 20.8 Å². The number of carboxylic acid groups (broad SMARTS) is 1. The van der Waals surface area contributed by atoms with Crippen molar-refractivity contribution >= 4 is 17.6 Å². The Bertz CT molecular complexity index is 496. The molecule has 0 aliphatic carbocycles. The average molecular weight is 307 g/mol. The van der Waals surface area contributed by atoms with Gasteiger partial charge in [-0.15, -0.1) is 0 Å². The molecule has 0 heterocycles. The van der Waals surface area contributed by atoms with Gasteiger partial charge in [0.1, 0.15) is 5.75 Å². The smallest absolute Gasteiger partial charge is 0.308 e. The minimum atomic E-state index is -0.909. The van der Waals surface area contributed by atoms with Crippen LogP contribution in [0, 0.1) is 11.8 Å². The van der Waals surface area contributed by atoms with Gasteiger partial charge in [0.15, 0.2) is 0 Å². The summed E-state index contributed by atoms with van der Waals surface area (Å²) in [5.41, 5.74) is 0.696. The standard InChI is InChI=1S/C17H25NO4/c1-5-22-15-8-6-14(7-9-15)18(11-13(4)17(20)21)16(19)10-12(2)3/h6-9,12-13H,5,10-11H2,1-4H3,(H,20,21). The lowest BCUT2D eigenvalue weighted by molar-refractivity contribution is -0.140. The molecule has 0 spiro atoms. The molecule has 1 N–H and O–H groups in total. The van der Waals surface area contributed by atoms with E-state index < -0.39 is 11.9 Å². The minimum absolute atomic E-state index is 0.0627. The van der Waals surface area contributed by atoms with Gasteiger partial charge >= 0.3 is 5.97 Å². The Morgan fingerprint density at radius 3 is 2.23 bits per heavy atom. The van der Waals surface area contributed by atoms with E-state index in [1.54, 1.807) is 36.1 Å². The second-order valence-electron chi connectivity index (χ2n) is 5.77. The molecule has 1 unspecified atom stereocenters. The SMILES string of the molecule is CCOc1ccc(N(CC(C)C(=O)O)C(=O)CC(C)C)cc1. The number of anilines is 1. The lowest BCUT2D eigenvalue weighted by Gasteiger charge is -2.25. The molecule has 0 bridgehead atoms. The molecule has 0 fully saturated rings. The molecule has 0 saturated carbocycles. The maximum absolute atomic E-state index is 12.4. The molecule has 1 aromatic carbocycles. The second kappa shape index (κ2) is 8.41. The zero-order valence-corrected chi connectivity index (χ0v) is 13.7. The van der Waals surface area contributed by atoms with E-state index in [2.05, 4.69) is 0 Å². The van der Waals surface area contributed by atoms with Gasteiger partial charge in [0, 0.05) is 18.7 Å². The Morgan fingerprint density at radius 2 is 1.77 bits per heavy atom. The van der Waals surface area contributed by atoms with Gasteiger partial charge < -0.3 is 14.7 Å². The molecular formula is C17H25NO4. The van der Waals surface area contributed by atoms with Gasteiger partial charge in [-0.1, -0.05) is 20.8 Å². The summed E-state index contributed by atoms with van der Waals surface area (Å²) in [5, 5.41) is 9.10. The van der Waals surface area contributed by atoms with Crippen LogP contribution in [-0.2, 0) is 9.59 Å². The van der Waals surface area contributed by atoms with Gasteiger partial charge in [0.2, 0.25) is 5.91 Å². The summed E-state index contributed by atoms with van der Waals surface area (Å²) >= 11 is 0. The molecule has 0 radical (unpaired) electrons. The number of amides is 1. The number of rotatable bonds is 8. The van der Waals surface area contributed by atoms with Gasteiger partial charge in [-0.25, -0.2) is 0 Å². The Hall–Kier alpha value is -2.04. The number of carbonyl (C=O) groups is 2. The van der Waals surface area contributed by atoms with Crippen molar-refractivity contribution < 1.29 is 19.4 Å². The highest BCUT2D eigenvalue weighted by Crippen LogP contribution is 2.22. The molecule has 5 heteroatoms. The Morgan fingerprint density at radius 1 is 1.18 bits per heavy atom. The molecule has 0 aliphatic rings. The summed E-state index contributed by atoms with van der Waals surface area (Å²) in [5.74, 6) is -0.644. The largest absolute Gasteiger partial charge is 0.494 e. The highest BCUT2D eigenvalue weighted by Gasteiger charge is 2.22. The van der Waals surface area contributed by atoms with Gasteiger partial charge in [-0.05, 0) is 37.1 Å². The zero-order valence-electron chi connectivity index (χ0n) is 13.7. The summed E-state index contributed by atoms with van der Waals surface area (Å²) in [4.78, 5) is 25.1. The molecule has 0 saturated heterocycles. The molecule has 1 amide bonds. The van der Waals surface area contributed by atoms with Crippen molar-refractivity contribution in [3.05, 3.63) is 24.3 Å². The number of carbonyl (C=O) groups excluding carboxylic acids is 1. The van der Waals surface area contributed by atoms with Crippen LogP contribution in [0.1, 0.15) is 34.1 Å². The first-order valence-electron chi connectivity index (χ1n) is 7.61. The van der Waals surface area contributed by atoms with Crippen molar-refractivity contribution in [3.8, 4) is 5.75 Å². The molecule has 0 aromatic heterocycles. The topological polar surface area (TPSA) is 66.8 Å². The number of carboxylic acids is 1. The van der Waals surface area contributed by atoms with Crippen molar-refractivity contribution in [1.82, 2.24) is 0 Å². The van der Waals surface area contributed by atoms with Crippen LogP contribution in [0.4, 0.5) is 5.69 Å². The Kier molecular flexibility index (Phi) is 6.89. The van der Waals surface area contributed by atoms with E-state index in [-0.39, 0.29) is 18.4 Å². The first kappa shape index (κ1) is 18.0. The van der Waals surface area contributed by atoms with E-state index in [0.29, 0.717) is 18.7 Å². The summed E-state index contributed by atoms with van der Waals surface area (Å²) < 4.78 is 5.39. The predicted molar refractivity (Wildman–Crippen MR) is 86.2 cm³/mol. The molecular weight excluding hydrogens is 282 g/mol. The van der Waals surface area contributed by atoms with Crippen LogP contribution >= 0.6 is 0 Å². The van der Waals surface area contributed by atoms with Crippen LogP contribution in [0.15, 0.2) is 24.3 Å². The number of ether oxygens (including phenoxy) is 1. The Balaban J connectivity index is 2.97. The zero-order chi connectivity index (χ0) is 16.7. The number of aliphatic carboxylic acids is 1.